The van der Waals surface area contributed by atoms with Crippen LogP contribution < -0.4 is 10.6 Å². The normalized spacial score (nSPS) is 15.4. The highest BCUT2D eigenvalue weighted by Gasteiger charge is 2.22. The fourth-order valence-electron chi connectivity index (χ4n) is 2.20. The first-order chi connectivity index (χ1) is 11.6. The molecule has 1 aromatic rings. The Morgan fingerprint density at radius 1 is 0.692 bits per heavy atom. The first kappa shape index (κ1) is 24.6. The quantitative estimate of drug-likeness (QED) is 0.517. The Morgan fingerprint density at radius 3 is 1.31 bits per heavy atom. The van der Waals surface area contributed by atoms with Crippen molar-refractivity contribution in [2.24, 2.45) is 9.98 Å². The summed E-state index contributed by atoms with van der Waals surface area (Å²) in [5.41, 5.74) is 1.47. The Morgan fingerprint density at radius 2 is 1.04 bits per heavy atom. The molecule has 0 radical (unpaired) electrons. The SMILES string of the molecule is Cl.Cl.Clc1c(Cl)c(CSC2=NCCN2)c(Cl)c(Cl)c1CSC1=NCCN1. The van der Waals surface area contributed by atoms with Gasteiger partial charge in [-0.25, -0.2) is 0 Å². The van der Waals surface area contributed by atoms with Crippen LogP contribution in [0.15, 0.2) is 9.98 Å². The van der Waals surface area contributed by atoms with E-state index in [4.69, 9.17) is 46.4 Å². The highest BCUT2D eigenvalue weighted by molar-refractivity contribution is 8.13. The van der Waals surface area contributed by atoms with Crippen molar-refractivity contribution in [2.75, 3.05) is 26.2 Å². The van der Waals surface area contributed by atoms with Gasteiger partial charge in [0.05, 0.1) is 33.2 Å². The third-order valence-electron chi connectivity index (χ3n) is 3.44. The first-order valence-corrected chi connectivity index (χ1v) is 10.7. The van der Waals surface area contributed by atoms with E-state index >= 15 is 0 Å². The molecule has 12 heteroatoms. The van der Waals surface area contributed by atoms with E-state index in [0.29, 0.717) is 31.6 Å². The molecule has 0 bridgehead atoms. The summed E-state index contributed by atoms with van der Waals surface area (Å²) in [6.07, 6.45) is 0. The number of rotatable bonds is 4. The van der Waals surface area contributed by atoms with Crippen LogP contribution in [0.5, 0.6) is 0 Å². The number of hydrogen-bond acceptors (Lipinski definition) is 6. The van der Waals surface area contributed by atoms with Gasteiger partial charge < -0.3 is 10.6 Å². The Balaban J connectivity index is 0.00000169. The molecule has 0 atom stereocenters. The number of amidine groups is 2. The summed E-state index contributed by atoms with van der Waals surface area (Å²) in [4.78, 5) is 8.68. The van der Waals surface area contributed by atoms with Crippen molar-refractivity contribution in [1.82, 2.24) is 10.6 Å². The zero-order chi connectivity index (χ0) is 17.1. The van der Waals surface area contributed by atoms with Crippen LogP contribution in [-0.4, -0.2) is 36.5 Å². The second-order valence-corrected chi connectivity index (χ2v) is 8.46. The van der Waals surface area contributed by atoms with Gasteiger partial charge in [0.15, 0.2) is 10.3 Å². The lowest BCUT2D eigenvalue weighted by Crippen LogP contribution is -2.15. The Kier molecular flexibility index (Phi) is 11.0. The van der Waals surface area contributed by atoms with E-state index in [0.717, 1.165) is 47.6 Å². The molecule has 2 aliphatic heterocycles. The minimum absolute atomic E-state index is 0. The number of halogens is 6. The van der Waals surface area contributed by atoms with Crippen LogP contribution in [-0.2, 0) is 11.5 Å². The second-order valence-electron chi connectivity index (χ2n) is 5.02. The van der Waals surface area contributed by atoms with Crippen LogP contribution in [0.4, 0.5) is 0 Å². The largest absolute Gasteiger partial charge is 0.363 e. The van der Waals surface area contributed by atoms with Gasteiger partial charge in [-0.15, -0.1) is 24.8 Å². The monoisotopic (exact) mass is 514 g/mol. The van der Waals surface area contributed by atoms with Crippen LogP contribution in [0.1, 0.15) is 11.1 Å². The van der Waals surface area contributed by atoms with Gasteiger partial charge in [-0.05, 0) is 0 Å². The summed E-state index contributed by atoms with van der Waals surface area (Å²) in [5, 5.41) is 9.98. The summed E-state index contributed by atoms with van der Waals surface area (Å²) in [6, 6.07) is 0. The van der Waals surface area contributed by atoms with E-state index in [9.17, 15) is 0 Å². The number of thioether (sulfide) groups is 2. The van der Waals surface area contributed by atoms with E-state index in [1.807, 2.05) is 0 Å². The molecule has 4 nitrogen and oxygen atoms in total. The fraction of sp³-hybridized carbons (Fsp3) is 0.429. The van der Waals surface area contributed by atoms with Crippen LogP contribution in [0, 0.1) is 0 Å². The molecular formula is C14H16Cl6N4S2. The summed E-state index contributed by atoms with van der Waals surface area (Å²) >= 11 is 28.9. The number of aliphatic imine (C=N–C) groups is 2. The summed E-state index contributed by atoms with van der Waals surface area (Å²) < 4.78 is 0. The Bertz CT molecular complexity index is 625. The smallest absolute Gasteiger partial charge is 0.157 e. The van der Waals surface area contributed by atoms with Gasteiger partial charge in [-0.3, -0.25) is 9.98 Å². The number of nitrogens with zero attached hydrogens (tertiary/aromatic N) is 2. The molecule has 0 spiro atoms. The molecule has 0 amide bonds. The second kappa shape index (κ2) is 11.6. The maximum absolute atomic E-state index is 6.45. The summed E-state index contributed by atoms with van der Waals surface area (Å²) in [6.45, 7) is 3.30. The lowest BCUT2D eigenvalue weighted by atomic mass is 10.1. The third kappa shape index (κ3) is 5.80. The van der Waals surface area contributed by atoms with Crippen LogP contribution in [0.2, 0.25) is 20.1 Å². The predicted octanol–water partition coefficient (Wildman–Crippen LogP) is 5.53. The number of nitrogens with one attached hydrogen (secondary N) is 2. The molecule has 0 saturated carbocycles. The van der Waals surface area contributed by atoms with Gasteiger partial charge in [0, 0.05) is 35.7 Å². The van der Waals surface area contributed by atoms with Gasteiger partial charge in [-0.1, -0.05) is 69.9 Å². The van der Waals surface area contributed by atoms with Gasteiger partial charge in [-0.2, -0.15) is 0 Å². The topological polar surface area (TPSA) is 48.8 Å². The zero-order valence-corrected chi connectivity index (χ0v) is 19.6. The number of hydrogen-bond donors (Lipinski definition) is 2. The number of benzene rings is 1. The van der Waals surface area contributed by atoms with Crippen LogP contribution in [0.3, 0.4) is 0 Å². The fourth-order valence-corrected chi connectivity index (χ4v) is 5.63. The molecular weight excluding hydrogens is 501 g/mol. The molecule has 1 aromatic carbocycles. The molecule has 0 aliphatic carbocycles. The molecule has 0 fully saturated rings. The zero-order valence-electron chi connectivity index (χ0n) is 13.3. The van der Waals surface area contributed by atoms with Gasteiger partial charge >= 0.3 is 0 Å². The lowest BCUT2D eigenvalue weighted by Gasteiger charge is -2.15. The van der Waals surface area contributed by atoms with Crippen molar-refractivity contribution in [3.63, 3.8) is 0 Å². The molecule has 0 saturated heterocycles. The minimum atomic E-state index is 0. The third-order valence-corrected chi connectivity index (χ3v) is 7.26. The Labute approximate surface area is 193 Å². The highest BCUT2D eigenvalue weighted by atomic mass is 35.5. The summed E-state index contributed by atoms with van der Waals surface area (Å²) in [7, 11) is 0. The van der Waals surface area contributed by atoms with Crippen LogP contribution in [0.25, 0.3) is 0 Å². The molecule has 26 heavy (non-hydrogen) atoms. The lowest BCUT2D eigenvalue weighted by molar-refractivity contribution is 0.963. The van der Waals surface area contributed by atoms with Gasteiger partial charge in [0.2, 0.25) is 0 Å². The highest BCUT2D eigenvalue weighted by Crippen LogP contribution is 2.44. The molecule has 0 aromatic heterocycles. The van der Waals surface area contributed by atoms with Crippen LogP contribution >= 0.6 is 94.7 Å². The van der Waals surface area contributed by atoms with Crippen molar-refractivity contribution in [1.29, 1.82) is 0 Å². The molecule has 2 heterocycles. The first-order valence-electron chi connectivity index (χ1n) is 7.24. The van der Waals surface area contributed by atoms with E-state index < -0.39 is 0 Å². The van der Waals surface area contributed by atoms with Gasteiger partial charge in [0.1, 0.15) is 0 Å². The standard InChI is InChI=1S/C14H14Cl4N4S2.2ClH/c15-9-7(5-23-13-19-1-2-20-13)10(16)12(18)8(11(9)17)6-24-14-21-3-4-22-14;;/h1-6H2,(H,19,20)(H,21,22);2*1H. The molecule has 3 rings (SSSR count). The van der Waals surface area contributed by atoms with E-state index in [2.05, 4.69) is 20.6 Å². The average molecular weight is 517 g/mol. The van der Waals surface area contributed by atoms with E-state index in [1.54, 1.807) is 23.5 Å². The summed E-state index contributed by atoms with van der Waals surface area (Å²) in [5.74, 6) is 1.12. The Hall–Kier alpha value is 0.600. The van der Waals surface area contributed by atoms with E-state index in [-0.39, 0.29) is 24.8 Å². The van der Waals surface area contributed by atoms with Crippen molar-refractivity contribution in [2.45, 2.75) is 11.5 Å². The molecule has 2 N–H and O–H groups in total. The van der Waals surface area contributed by atoms with Crippen molar-refractivity contribution in [3.05, 3.63) is 31.2 Å². The molecule has 2 aliphatic rings. The average Bonchev–Trinajstić information content (AvgIpc) is 3.26. The maximum atomic E-state index is 6.45. The molecule has 146 valence electrons. The molecule has 0 unspecified atom stereocenters. The maximum Gasteiger partial charge on any atom is 0.157 e. The van der Waals surface area contributed by atoms with Crippen molar-refractivity contribution in [3.8, 4) is 0 Å². The predicted molar refractivity (Wildman–Crippen MR) is 124 cm³/mol. The van der Waals surface area contributed by atoms with Crippen molar-refractivity contribution >= 4 is 105 Å². The van der Waals surface area contributed by atoms with E-state index in [1.165, 1.54) is 0 Å². The van der Waals surface area contributed by atoms with Gasteiger partial charge in [0.25, 0.3) is 0 Å². The minimum Gasteiger partial charge on any atom is -0.363 e. The van der Waals surface area contributed by atoms with Crippen molar-refractivity contribution < 1.29 is 0 Å².